The summed E-state index contributed by atoms with van der Waals surface area (Å²) in [6, 6.07) is 8.30. The molecule has 1 aromatic rings. The van der Waals surface area contributed by atoms with E-state index >= 15 is 0 Å². The molecule has 0 saturated heterocycles. The first-order chi connectivity index (χ1) is 8.77. The minimum atomic E-state index is 0.172. The highest BCUT2D eigenvalue weighted by molar-refractivity contribution is 5.25. The molecular weight excluding hydrogens is 228 g/mol. The molecule has 3 heteroatoms. The molecule has 0 fully saturated rings. The molecule has 0 bridgehead atoms. The summed E-state index contributed by atoms with van der Waals surface area (Å²) in [5, 5.41) is 9.44. The summed E-state index contributed by atoms with van der Waals surface area (Å²) in [6.07, 6.45) is 1.78. The van der Waals surface area contributed by atoms with Gasteiger partial charge in [-0.05, 0) is 25.3 Å². The maximum atomic E-state index is 9.44. The largest absolute Gasteiger partial charge is 0.396 e. The van der Waals surface area contributed by atoms with Crippen molar-refractivity contribution in [1.82, 2.24) is 0 Å². The number of hydrogen-bond donors (Lipinski definition) is 1. The third-order valence-electron chi connectivity index (χ3n) is 2.98. The van der Waals surface area contributed by atoms with Gasteiger partial charge in [0.2, 0.25) is 0 Å². The molecule has 102 valence electrons. The molecule has 0 aliphatic heterocycles. The molecule has 1 rings (SSSR count). The van der Waals surface area contributed by atoms with Gasteiger partial charge < -0.3 is 14.6 Å². The first-order valence-corrected chi connectivity index (χ1v) is 6.52. The minimum absolute atomic E-state index is 0.172. The van der Waals surface area contributed by atoms with Crippen molar-refractivity contribution in [3.63, 3.8) is 0 Å². The second kappa shape index (κ2) is 9.09. The third kappa shape index (κ3) is 5.63. The number of aliphatic hydroxyl groups excluding tert-OH is 1. The van der Waals surface area contributed by atoms with Crippen LogP contribution in [0.3, 0.4) is 0 Å². The van der Waals surface area contributed by atoms with Crippen molar-refractivity contribution in [3.8, 4) is 0 Å². The molecule has 18 heavy (non-hydrogen) atoms. The van der Waals surface area contributed by atoms with Gasteiger partial charge in [0.1, 0.15) is 0 Å². The zero-order valence-corrected chi connectivity index (χ0v) is 11.4. The van der Waals surface area contributed by atoms with Gasteiger partial charge in [0.15, 0.2) is 0 Å². The van der Waals surface area contributed by atoms with Gasteiger partial charge in [-0.15, -0.1) is 0 Å². The molecule has 1 aromatic carbocycles. The molecule has 0 radical (unpaired) electrons. The van der Waals surface area contributed by atoms with E-state index in [-0.39, 0.29) is 12.5 Å². The van der Waals surface area contributed by atoms with Crippen molar-refractivity contribution >= 4 is 0 Å². The summed E-state index contributed by atoms with van der Waals surface area (Å²) in [7, 11) is 1.69. The first kappa shape index (κ1) is 15.2. The van der Waals surface area contributed by atoms with Gasteiger partial charge in [-0.1, -0.05) is 29.8 Å². The Kier molecular flexibility index (Phi) is 7.65. The van der Waals surface area contributed by atoms with Gasteiger partial charge in [0.05, 0.1) is 6.61 Å². The van der Waals surface area contributed by atoms with Crippen molar-refractivity contribution in [1.29, 1.82) is 0 Å². The predicted molar refractivity (Wildman–Crippen MR) is 72.9 cm³/mol. The fourth-order valence-electron chi connectivity index (χ4n) is 1.92. The molecule has 0 saturated carbocycles. The summed E-state index contributed by atoms with van der Waals surface area (Å²) >= 11 is 0. The highest BCUT2D eigenvalue weighted by atomic mass is 16.5. The zero-order chi connectivity index (χ0) is 13.2. The Labute approximate surface area is 110 Å². The topological polar surface area (TPSA) is 38.7 Å². The SMILES string of the molecule is COCCCOCCC(CO)c1cccc(C)c1. The van der Waals surface area contributed by atoms with Crippen molar-refractivity contribution < 1.29 is 14.6 Å². The molecule has 1 atom stereocenters. The monoisotopic (exact) mass is 252 g/mol. The number of aliphatic hydroxyl groups is 1. The molecule has 0 aromatic heterocycles. The molecule has 0 spiro atoms. The summed E-state index contributed by atoms with van der Waals surface area (Å²) in [5.41, 5.74) is 2.42. The van der Waals surface area contributed by atoms with Crippen LogP contribution < -0.4 is 0 Å². The van der Waals surface area contributed by atoms with Crippen LogP contribution in [0.5, 0.6) is 0 Å². The fraction of sp³-hybridized carbons (Fsp3) is 0.600. The van der Waals surface area contributed by atoms with Gasteiger partial charge in [-0.25, -0.2) is 0 Å². The summed E-state index contributed by atoms with van der Waals surface area (Å²) < 4.78 is 10.5. The Hall–Kier alpha value is -0.900. The van der Waals surface area contributed by atoms with E-state index in [1.54, 1.807) is 7.11 Å². The van der Waals surface area contributed by atoms with E-state index in [0.717, 1.165) is 26.1 Å². The van der Waals surface area contributed by atoms with Gasteiger partial charge in [0.25, 0.3) is 0 Å². The van der Waals surface area contributed by atoms with E-state index in [4.69, 9.17) is 9.47 Å². The van der Waals surface area contributed by atoms with Crippen LogP contribution in [0, 0.1) is 6.92 Å². The van der Waals surface area contributed by atoms with E-state index in [1.165, 1.54) is 11.1 Å². The first-order valence-electron chi connectivity index (χ1n) is 6.52. The normalized spacial score (nSPS) is 12.6. The van der Waals surface area contributed by atoms with Crippen LogP contribution in [-0.4, -0.2) is 38.6 Å². The van der Waals surface area contributed by atoms with Crippen LogP contribution in [0.4, 0.5) is 0 Å². The highest BCUT2D eigenvalue weighted by Gasteiger charge is 2.10. The molecule has 0 aliphatic rings. The van der Waals surface area contributed by atoms with Crippen LogP contribution in [0.2, 0.25) is 0 Å². The smallest absolute Gasteiger partial charge is 0.0500 e. The van der Waals surface area contributed by atoms with Crippen molar-refractivity contribution in [2.24, 2.45) is 0 Å². The van der Waals surface area contributed by atoms with Crippen LogP contribution >= 0.6 is 0 Å². The Morgan fingerprint density at radius 2 is 2.06 bits per heavy atom. The van der Waals surface area contributed by atoms with Gasteiger partial charge in [-0.2, -0.15) is 0 Å². The fourth-order valence-corrected chi connectivity index (χ4v) is 1.92. The Morgan fingerprint density at radius 1 is 1.22 bits per heavy atom. The molecule has 0 amide bonds. The van der Waals surface area contributed by atoms with Gasteiger partial charge in [-0.3, -0.25) is 0 Å². The molecule has 0 aliphatic carbocycles. The second-order valence-corrected chi connectivity index (χ2v) is 4.54. The van der Waals surface area contributed by atoms with E-state index in [0.29, 0.717) is 6.61 Å². The second-order valence-electron chi connectivity index (χ2n) is 4.54. The lowest BCUT2D eigenvalue weighted by atomic mass is 9.96. The average Bonchev–Trinajstić information content (AvgIpc) is 2.38. The van der Waals surface area contributed by atoms with Crippen molar-refractivity contribution in [2.45, 2.75) is 25.7 Å². The predicted octanol–water partition coefficient (Wildman–Crippen LogP) is 2.51. The average molecular weight is 252 g/mol. The number of ether oxygens (including phenoxy) is 2. The van der Waals surface area contributed by atoms with Crippen molar-refractivity contribution in [2.75, 3.05) is 33.5 Å². The Balaban J connectivity index is 2.29. The highest BCUT2D eigenvalue weighted by Crippen LogP contribution is 2.20. The summed E-state index contributed by atoms with van der Waals surface area (Å²) in [4.78, 5) is 0. The molecule has 3 nitrogen and oxygen atoms in total. The van der Waals surface area contributed by atoms with Gasteiger partial charge >= 0.3 is 0 Å². The number of hydrogen-bond acceptors (Lipinski definition) is 3. The molecule has 1 unspecified atom stereocenters. The molecule has 0 heterocycles. The lowest BCUT2D eigenvalue weighted by Gasteiger charge is -2.15. The summed E-state index contributed by atoms with van der Waals surface area (Å²) in [6.45, 7) is 4.38. The Bertz CT molecular complexity index is 325. The maximum absolute atomic E-state index is 9.44. The molecular formula is C15H24O3. The van der Waals surface area contributed by atoms with Crippen LogP contribution in [0.1, 0.15) is 29.9 Å². The third-order valence-corrected chi connectivity index (χ3v) is 2.98. The van der Waals surface area contributed by atoms with Crippen LogP contribution in [-0.2, 0) is 9.47 Å². The van der Waals surface area contributed by atoms with E-state index in [2.05, 4.69) is 25.1 Å². The van der Waals surface area contributed by atoms with Crippen LogP contribution in [0.15, 0.2) is 24.3 Å². The number of methoxy groups -OCH3 is 1. The standard InChI is InChI=1S/C15H24O3/c1-13-5-3-6-14(11-13)15(12-16)7-10-18-9-4-8-17-2/h3,5-6,11,15-16H,4,7-10,12H2,1-2H3. The number of aryl methyl sites for hydroxylation is 1. The lowest BCUT2D eigenvalue weighted by molar-refractivity contribution is 0.0937. The quantitative estimate of drug-likeness (QED) is 0.686. The Morgan fingerprint density at radius 3 is 2.72 bits per heavy atom. The summed E-state index contributed by atoms with van der Waals surface area (Å²) in [5.74, 6) is 0.173. The van der Waals surface area contributed by atoms with Crippen LogP contribution in [0.25, 0.3) is 0 Å². The molecule has 1 N–H and O–H groups in total. The lowest BCUT2D eigenvalue weighted by Crippen LogP contribution is -2.09. The van der Waals surface area contributed by atoms with Gasteiger partial charge in [0, 0.05) is 32.8 Å². The van der Waals surface area contributed by atoms with E-state index < -0.39 is 0 Å². The van der Waals surface area contributed by atoms with E-state index in [9.17, 15) is 5.11 Å². The number of rotatable bonds is 9. The maximum Gasteiger partial charge on any atom is 0.0500 e. The van der Waals surface area contributed by atoms with Crippen molar-refractivity contribution in [3.05, 3.63) is 35.4 Å². The number of benzene rings is 1. The minimum Gasteiger partial charge on any atom is -0.396 e. The van der Waals surface area contributed by atoms with E-state index in [1.807, 2.05) is 6.07 Å². The zero-order valence-electron chi connectivity index (χ0n) is 11.4.